The molecule has 1 aromatic rings. The van der Waals surface area contributed by atoms with Gasteiger partial charge in [-0.15, -0.1) is 0 Å². The third kappa shape index (κ3) is 6.29. The summed E-state index contributed by atoms with van der Waals surface area (Å²) >= 11 is 0. The standard InChI is InChI=1S/C15H20O6/c1-4-5-6-15(16)21-14-9-12(19-10-17-2)7-8-13(14)20-11-18-3/h5-9H,4,10-11H2,1-3H3/b6-5+. The Kier molecular flexibility index (Phi) is 7.93. The molecular weight excluding hydrogens is 276 g/mol. The van der Waals surface area contributed by atoms with E-state index in [1.165, 1.54) is 20.3 Å². The second-order valence-corrected chi connectivity index (χ2v) is 3.94. The number of ether oxygens (including phenoxy) is 5. The first kappa shape index (κ1) is 17.0. The summed E-state index contributed by atoms with van der Waals surface area (Å²) in [6.45, 7) is 2.07. The van der Waals surface area contributed by atoms with Crippen LogP contribution in [0.25, 0.3) is 0 Å². The van der Waals surface area contributed by atoms with Gasteiger partial charge in [-0.05, 0) is 18.6 Å². The zero-order chi connectivity index (χ0) is 15.5. The van der Waals surface area contributed by atoms with Crippen LogP contribution >= 0.6 is 0 Å². The van der Waals surface area contributed by atoms with E-state index in [2.05, 4.69) is 0 Å². The van der Waals surface area contributed by atoms with Crippen molar-refractivity contribution in [1.82, 2.24) is 0 Å². The van der Waals surface area contributed by atoms with Gasteiger partial charge in [0.15, 0.2) is 25.1 Å². The van der Waals surface area contributed by atoms with Crippen LogP contribution in [0.5, 0.6) is 17.2 Å². The van der Waals surface area contributed by atoms with Crippen molar-refractivity contribution < 1.29 is 28.5 Å². The first-order chi connectivity index (χ1) is 10.2. The third-order valence-corrected chi connectivity index (χ3v) is 2.29. The van der Waals surface area contributed by atoms with E-state index in [0.717, 1.165) is 6.42 Å². The summed E-state index contributed by atoms with van der Waals surface area (Å²) in [5.74, 6) is 0.665. The summed E-state index contributed by atoms with van der Waals surface area (Å²) in [6, 6.07) is 4.88. The smallest absolute Gasteiger partial charge is 0.335 e. The highest BCUT2D eigenvalue weighted by Crippen LogP contribution is 2.32. The Morgan fingerprint density at radius 1 is 1.10 bits per heavy atom. The minimum absolute atomic E-state index is 0.0492. The molecule has 116 valence electrons. The Morgan fingerprint density at radius 3 is 2.48 bits per heavy atom. The Bertz CT molecular complexity index is 469. The van der Waals surface area contributed by atoms with Gasteiger partial charge in [-0.3, -0.25) is 0 Å². The molecule has 0 aromatic heterocycles. The maximum absolute atomic E-state index is 11.7. The fraction of sp³-hybridized carbons (Fsp3) is 0.400. The van der Waals surface area contributed by atoms with Crippen molar-refractivity contribution in [1.29, 1.82) is 0 Å². The minimum Gasteiger partial charge on any atom is -0.467 e. The van der Waals surface area contributed by atoms with Crippen molar-refractivity contribution >= 4 is 5.97 Å². The fourth-order valence-corrected chi connectivity index (χ4v) is 1.38. The molecule has 0 bridgehead atoms. The molecule has 0 heterocycles. The van der Waals surface area contributed by atoms with E-state index in [-0.39, 0.29) is 19.3 Å². The van der Waals surface area contributed by atoms with E-state index in [1.54, 1.807) is 24.3 Å². The molecule has 0 saturated heterocycles. The number of esters is 1. The molecule has 0 spiro atoms. The lowest BCUT2D eigenvalue weighted by Crippen LogP contribution is -2.08. The van der Waals surface area contributed by atoms with Crippen molar-refractivity contribution in [2.24, 2.45) is 0 Å². The van der Waals surface area contributed by atoms with Crippen molar-refractivity contribution in [3.63, 3.8) is 0 Å². The van der Waals surface area contributed by atoms with Crippen LogP contribution in [0.1, 0.15) is 13.3 Å². The van der Waals surface area contributed by atoms with Crippen LogP contribution in [0.2, 0.25) is 0 Å². The summed E-state index contributed by atoms with van der Waals surface area (Å²) in [6.07, 6.45) is 3.82. The van der Waals surface area contributed by atoms with Gasteiger partial charge in [0.05, 0.1) is 0 Å². The molecular formula is C15H20O6. The van der Waals surface area contributed by atoms with Crippen LogP contribution < -0.4 is 14.2 Å². The summed E-state index contributed by atoms with van der Waals surface area (Å²) < 4.78 is 25.5. The Morgan fingerprint density at radius 2 is 1.81 bits per heavy atom. The molecule has 0 aliphatic heterocycles. The van der Waals surface area contributed by atoms with Gasteiger partial charge in [-0.1, -0.05) is 13.0 Å². The van der Waals surface area contributed by atoms with E-state index in [4.69, 9.17) is 23.7 Å². The number of hydrogen-bond acceptors (Lipinski definition) is 6. The second kappa shape index (κ2) is 9.79. The fourth-order valence-electron chi connectivity index (χ4n) is 1.38. The Balaban J connectivity index is 2.87. The number of benzene rings is 1. The van der Waals surface area contributed by atoms with Gasteiger partial charge in [0, 0.05) is 26.4 Å². The van der Waals surface area contributed by atoms with Crippen LogP contribution in [0.15, 0.2) is 30.4 Å². The van der Waals surface area contributed by atoms with E-state index in [0.29, 0.717) is 11.5 Å². The molecule has 1 aromatic carbocycles. The molecule has 0 radical (unpaired) electrons. The zero-order valence-electron chi connectivity index (χ0n) is 12.5. The molecule has 0 amide bonds. The average molecular weight is 296 g/mol. The third-order valence-electron chi connectivity index (χ3n) is 2.29. The van der Waals surface area contributed by atoms with Gasteiger partial charge in [0.25, 0.3) is 0 Å². The molecule has 1 rings (SSSR count). The SMILES string of the molecule is CC/C=C/C(=O)Oc1cc(OCOC)ccc1OCOC. The maximum Gasteiger partial charge on any atom is 0.335 e. The molecule has 6 heteroatoms. The summed E-state index contributed by atoms with van der Waals surface area (Å²) in [5.41, 5.74) is 0. The normalized spacial score (nSPS) is 10.6. The highest BCUT2D eigenvalue weighted by Gasteiger charge is 2.11. The van der Waals surface area contributed by atoms with Crippen molar-refractivity contribution in [2.75, 3.05) is 27.8 Å². The Labute approximate surface area is 124 Å². The van der Waals surface area contributed by atoms with Gasteiger partial charge >= 0.3 is 5.97 Å². The second-order valence-electron chi connectivity index (χ2n) is 3.94. The van der Waals surface area contributed by atoms with Gasteiger partial charge in [0.2, 0.25) is 0 Å². The molecule has 0 atom stereocenters. The van der Waals surface area contributed by atoms with Gasteiger partial charge in [-0.2, -0.15) is 0 Å². The molecule has 21 heavy (non-hydrogen) atoms. The molecule has 0 saturated carbocycles. The summed E-state index contributed by atoms with van der Waals surface area (Å²) in [5, 5.41) is 0. The topological polar surface area (TPSA) is 63.2 Å². The lowest BCUT2D eigenvalue weighted by Gasteiger charge is -2.12. The summed E-state index contributed by atoms with van der Waals surface area (Å²) in [4.78, 5) is 11.7. The monoisotopic (exact) mass is 296 g/mol. The average Bonchev–Trinajstić information content (AvgIpc) is 2.50. The van der Waals surface area contributed by atoms with Gasteiger partial charge in [-0.25, -0.2) is 4.79 Å². The van der Waals surface area contributed by atoms with Crippen LogP contribution in [0.3, 0.4) is 0 Å². The molecule has 6 nitrogen and oxygen atoms in total. The number of rotatable bonds is 9. The van der Waals surface area contributed by atoms with Crippen molar-refractivity contribution in [3.05, 3.63) is 30.4 Å². The van der Waals surface area contributed by atoms with E-state index in [9.17, 15) is 4.79 Å². The largest absolute Gasteiger partial charge is 0.467 e. The lowest BCUT2D eigenvalue weighted by molar-refractivity contribution is -0.129. The predicted molar refractivity (Wildman–Crippen MR) is 76.5 cm³/mol. The number of hydrogen-bond donors (Lipinski definition) is 0. The van der Waals surface area contributed by atoms with Crippen molar-refractivity contribution in [3.8, 4) is 17.2 Å². The van der Waals surface area contributed by atoms with E-state index < -0.39 is 5.97 Å². The van der Waals surface area contributed by atoms with Crippen LogP contribution in [0, 0.1) is 0 Å². The van der Waals surface area contributed by atoms with Gasteiger partial charge < -0.3 is 23.7 Å². The molecule has 0 aliphatic carbocycles. The zero-order valence-corrected chi connectivity index (χ0v) is 12.5. The summed E-state index contributed by atoms with van der Waals surface area (Å²) in [7, 11) is 3.03. The molecule has 0 unspecified atom stereocenters. The molecule has 0 aliphatic rings. The van der Waals surface area contributed by atoms with Crippen LogP contribution in [0.4, 0.5) is 0 Å². The first-order valence-corrected chi connectivity index (χ1v) is 6.47. The number of allylic oxidation sites excluding steroid dienone is 1. The van der Waals surface area contributed by atoms with Crippen LogP contribution in [-0.4, -0.2) is 33.8 Å². The number of methoxy groups -OCH3 is 2. The lowest BCUT2D eigenvalue weighted by atomic mass is 10.3. The molecule has 0 N–H and O–H groups in total. The highest BCUT2D eigenvalue weighted by molar-refractivity contribution is 5.84. The quantitative estimate of drug-likeness (QED) is 0.302. The van der Waals surface area contributed by atoms with Gasteiger partial charge in [0.1, 0.15) is 5.75 Å². The minimum atomic E-state index is -0.483. The van der Waals surface area contributed by atoms with E-state index in [1.807, 2.05) is 6.92 Å². The van der Waals surface area contributed by atoms with Crippen LogP contribution in [-0.2, 0) is 14.3 Å². The van der Waals surface area contributed by atoms with Crippen molar-refractivity contribution in [2.45, 2.75) is 13.3 Å². The molecule has 0 fully saturated rings. The maximum atomic E-state index is 11.7. The predicted octanol–water partition coefficient (Wildman–Crippen LogP) is 2.52. The Hall–Kier alpha value is -2.05. The number of carbonyl (C=O) groups excluding carboxylic acids is 1. The van der Waals surface area contributed by atoms with E-state index >= 15 is 0 Å². The highest BCUT2D eigenvalue weighted by atomic mass is 16.7. The number of carbonyl (C=O) groups is 1. The first-order valence-electron chi connectivity index (χ1n) is 6.47.